The molecule has 0 aliphatic carbocycles. The lowest BCUT2D eigenvalue weighted by Crippen LogP contribution is -2.53. The molecule has 0 bridgehead atoms. The summed E-state index contributed by atoms with van der Waals surface area (Å²) in [5.74, 6) is 1.09. The van der Waals surface area contributed by atoms with Gasteiger partial charge in [-0.2, -0.15) is 0 Å². The number of hydrogen-bond acceptors (Lipinski definition) is 4. The van der Waals surface area contributed by atoms with Gasteiger partial charge in [-0.05, 0) is 43.7 Å². The average Bonchev–Trinajstić information content (AvgIpc) is 3.29. The monoisotopic (exact) mass is 426 g/mol. The summed E-state index contributed by atoms with van der Waals surface area (Å²) in [4.78, 5) is 32.5. The third-order valence-corrected chi connectivity index (χ3v) is 4.89. The minimum Gasteiger partial charge on any atom is -0.459 e. The number of anilines is 1. The van der Waals surface area contributed by atoms with Crippen molar-refractivity contribution in [2.75, 3.05) is 38.5 Å². The molecule has 9 nitrogen and oxygen atoms in total. The Balaban J connectivity index is 1.46. The van der Waals surface area contributed by atoms with E-state index in [1.165, 1.54) is 6.26 Å². The third-order valence-electron chi connectivity index (χ3n) is 4.89. The van der Waals surface area contributed by atoms with Crippen LogP contribution in [0, 0.1) is 0 Å². The second-order valence-corrected chi connectivity index (χ2v) is 7.61. The summed E-state index contributed by atoms with van der Waals surface area (Å²) in [5, 5.41) is 8.97. The first kappa shape index (κ1) is 22.2. The maximum absolute atomic E-state index is 12.4. The van der Waals surface area contributed by atoms with E-state index < -0.39 is 0 Å². The molecule has 3 N–H and O–H groups in total. The number of hydrogen-bond donors (Lipinski definition) is 3. The number of aliphatic imine (C=N–C) groups is 1. The Kier molecular flexibility index (Phi) is 7.53. The van der Waals surface area contributed by atoms with Gasteiger partial charge in [0.1, 0.15) is 0 Å². The fraction of sp³-hybridized carbons (Fsp3) is 0.409. The van der Waals surface area contributed by atoms with Crippen molar-refractivity contribution in [3.63, 3.8) is 0 Å². The van der Waals surface area contributed by atoms with Gasteiger partial charge in [0.15, 0.2) is 11.7 Å². The minimum atomic E-state index is -0.217. The summed E-state index contributed by atoms with van der Waals surface area (Å²) in [6.45, 7) is 7.05. The highest BCUT2D eigenvalue weighted by molar-refractivity contribution is 5.91. The molecule has 0 atom stereocenters. The maximum Gasteiger partial charge on any atom is 0.319 e. The molecule has 1 aliphatic heterocycles. The number of nitrogens with zero attached hydrogens (tertiary/aromatic N) is 3. The van der Waals surface area contributed by atoms with Gasteiger partial charge in [0.25, 0.3) is 5.91 Å². The zero-order valence-corrected chi connectivity index (χ0v) is 18.2. The Hall–Kier alpha value is -3.49. The average molecular weight is 427 g/mol. The summed E-state index contributed by atoms with van der Waals surface area (Å²) < 4.78 is 5.21. The van der Waals surface area contributed by atoms with E-state index in [0.29, 0.717) is 38.5 Å². The highest BCUT2D eigenvalue weighted by Crippen LogP contribution is 2.11. The number of guanidine groups is 1. The zero-order chi connectivity index (χ0) is 22.2. The van der Waals surface area contributed by atoms with Crippen LogP contribution < -0.4 is 16.0 Å². The second-order valence-electron chi connectivity index (χ2n) is 7.61. The molecule has 1 aromatic heterocycles. The Morgan fingerprint density at radius 3 is 2.32 bits per heavy atom. The van der Waals surface area contributed by atoms with Gasteiger partial charge in [0.05, 0.1) is 6.26 Å². The van der Waals surface area contributed by atoms with Crippen LogP contribution >= 0.6 is 0 Å². The molecule has 0 radical (unpaired) electrons. The largest absolute Gasteiger partial charge is 0.459 e. The number of rotatable bonds is 5. The molecule has 1 saturated heterocycles. The van der Waals surface area contributed by atoms with Gasteiger partial charge in [0.2, 0.25) is 0 Å². The maximum atomic E-state index is 12.4. The number of furan rings is 1. The number of urea groups is 1. The van der Waals surface area contributed by atoms with Crippen LogP contribution in [0.1, 0.15) is 30.0 Å². The van der Waals surface area contributed by atoms with Gasteiger partial charge >= 0.3 is 6.03 Å². The van der Waals surface area contributed by atoms with Crippen molar-refractivity contribution in [3.8, 4) is 0 Å². The fourth-order valence-electron chi connectivity index (χ4n) is 3.33. The number of piperazine rings is 1. The van der Waals surface area contributed by atoms with Gasteiger partial charge in [-0.3, -0.25) is 9.79 Å². The molecule has 9 heteroatoms. The molecule has 3 rings (SSSR count). The summed E-state index contributed by atoms with van der Waals surface area (Å²) in [6, 6.07) is 10.9. The Morgan fingerprint density at radius 2 is 1.74 bits per heavy atom. The van der Waals surface area contributed by atoms with Crippen LogP contribution in [-0.4, -0.2) is 67.0 Å². The van der Waals surface area contributed by atoms with Crippen LogP contribution in [0.4, 0.5) is 10.5 Å². The fourth-order valence-corrected chi connectivity index (χ4v) is 3.33. The lowest BCUT2D eigenvalue weighted by atomic mass is 10.2. The lowest BCUT2D eigenvalue weighted by molar-refractivity contribution is 0.0657. The third kappa shape index (κ3) is 6.24. The van der Waals surface area contributed by atoms with Crippen molar-refractivity contribution >= 4 is 23.6 Å². The number of nitrogens with one attached hydrogen (secondary N) is 3. The summed E-state index contributed by atoms with van der Waals surface area (Å²) in [5.41, 5.74) is 1.81. The van der Waals surface area contributed by atoms with Crippen LogP contribution in [0.3, 0.4) is 0 Å². The van der Waals surface area contributed by atoms with E-state index in [-0.39, 0.29) is 18.0 Å². The normalized spacial score (nSPS) is 14.5. The van der Waals surface area contributed by atoms with Crippen molar-refractivity contribution in [3.05, 3.63) is 54.0 Å². The molecular weight excluding hydrogens is 396 g/mol. The molecule has 0 spiro atoms. The van der Waals surface area contributed by atoms with Gasteiger partial charge in [-0.25, -0.2) is 4.79 Å². The van der Waals surface area contributed by atoms with E-state index in [1.807, 2.05) is 38.1 Å². The molecule has 1 aromatic carbocycles. The van der Waals surface area contributed by atoms with Crippen molar-refractivity contribution < 1.29 is 14.0 Å². The van der Waals surface area contributed by atoms with Crippen molar-refractivity contribution in [1.29, 1.82) is 0 Å². The highest BCUT2D eigenvalue weighted by atomic mass is 16.3. The van der Waals surface area contributed by atoms with Crippen LogP contribution in [0.25, 0.3) is 0 Å². The lowest BCUT2D eigenvalue weighted by Gasteiger charge is -2.36. The van der Waals surface area contributed by atoms with Crippen molar-refractivity contribution in [2.45, 2.75) is 26.4 Å². The van der Waals surface area contributed by atoms with Crippen LogP contribution in [0.2, 0.25) is 0 Å². The van der Waals surface area contributed by atoms with E-state index in [0.717, 1.165) is 17.2 Å². The van der Waals surface area contributed by atoms with E-state index >= 15 is 0 Å². The van der Waals surface area contributed by atoms with E-state index in [9.17, 15) is 9.59 Å². The molecule has 0 unspecified atom stereocenters. The quantitative estimate of drug-likeness (QED) is 0.503. The van der Waals surface area contributed by atoms with E-state index in [2.05, 4.69) is 25.8 Å². The number of carbonyl (C=O) groups is 2. The van der Waals surface area contributed by atoms with Crippen molar-refractivity contribution in [1.82, 2.24) is 20.4 Å². The molecule has 3 amide bonds. The predicted octanol–water partition coefficient (Wildman–Crippen LogP) is 2.34. The van der Waals surface area contributed by atoms with Gasteiger partial charge in [-0.1, -0.05) is 12.1 Å². The van der Waals surface area contributed by atoms with Crippen LogP contribution in [0.5, 0.6) is 0 Å². The van der Waals surface area contributed by atoms with Crippen LogP contribution in [0.15, 0.2) is 52.1 Å². The van der Waals surface area contributed by atoms with Gasteiger partial charge < -0.3 is 30.2 Å². The highest BCUT2D eigenvalue weighted by Gasteiger charge is 2.25. The molecule has 31 heavy (non-hydrogen) atoms. The topological polar surface area (TPSA) is 102 Å². The molecule has 166 valence electrons. The minimum absolute atomic E-state index is 0.0802. The SMILES string of the molecule is CN=C(NCc1ccc(NC(=O)NC(C)C)cc1)N1CCN(C(=O)c2ccco2)CC1. The summed E-state index contributed by atoms with van der Waals surface area (Å²) in [7, 11) is 1.75. The molecule has 0 saturated carbocycles. The van der Waals surface area contributed by atoms with E-state index in [1.54, 1.807) is 24.1 Å². The molecule has 2 heterocycles. The molecule has 1 aliphatic rings. The Morgan fingerprint density at radius 1 is 1.06 bits per heavy atom. The molecular formula is C22H30N6O3. The number of benzene rings is 1. The smallest absolute Gasteiger partial charge is 0.319 e. The zero-order valence-electron chi connectivity index (χ0n) is 18.2. The first-order valence-electron chi connectivity index (χ1n) is 10.4. The summed E-state index contributed by atoms with van der Waals surface area (Å²) >= 11 is 0. The van der Waals surface area contributed by atoms with Gasteiger partial charge in [0, 0.05) is 51.5 Å². The predicted molar refractivity (Wildman–Crippen MR) is 120 cm³/mol. The first-order chi connectivity index (χ1) is 15.0. The molecule has 1 fully saturated rings. The molecule has 2 aromatic rings. The Bertz CT molecular complexity index is 884. The standard InChI is InChI=1S/C22H30N6O3/c1-16(2)25-22(30)26-18-8-6-17(7-9-18)15-24-21(23-3)28-12-10-27(11-13-28)20(29)19-5-4-14-31-19/h4-9,14,16H,10-13,15H2,1-3H3,(H,23,24)(H2,25,26,30). The number of amides is 3. The number of carbonyl (C=O) groups excluding carboxylic acids is 2. The first-order valence-corrected chi connectivity index (χ1v) is 10.4. The summed E-state index contributed by atoms with van der Waals surface area (Å²) in [6.07, 6.45) is 1.51. The van der Waals surface area contributed by atoms with E-state index in [4.69, 9.17) is 4.42 Å². The van der Waals surface area contributed by atoms with Gasteiger partial charge in [-0.15, -0.1) is 0 Å². The van der Waals surface area contributed by atoms with Crippen molar-refractivity contribution in [2.24, 2.45) is 4.99 Å². The van der Waals surface area contributed by atoms with Crippen LogP contribution in [-0.2, 0) is 6.54 Å². The Labute approximate surface area is 182 Å². The second kappa shape index (κ2) is 10.5.